The molecule has 1 saturated carbocycles. The molecule has 3 aromatic carbocycles. The van der Waals surface area contributed by atoms with Gasteiger partial charge in [0.2, 0.25) is 0 Å². The molecule has 0 nitrogen and oxygen atoms in total. The van der Waals surface area contributed by atoms with Crippen LogP contribution < -0.4 is 0 Å². The van der Waals surface area contributed by atoms with Crippen LogP contribution in [0.25, 0.3) is 5.57 Å². The fourth-order valence-electron chi connectivity index (χ4n) is 4.61. The number of benzene rings is 3. The van der Waals surface area contributed by atoms with Crippen molar-refractivity contribution in [3.05, 3.63) is 114 Å². The minimum Gasteiger partial charge on any atom is -0.0760 e. The number of rotatable bonds is 3. The SMILES string of the molecule is C1=C(c2ccccc2)[C@H](c2ccccc2)[C@@H]2[C@H]1[C@H]2c1ccccc1. The van der Waals surface area contributed by atoms with Gasteiger partial charge in [0, 0.05) is 5.92 Å². The van der Waals surface area contributed by atoms with Gasteiger partial charge in [-0.1, -0.05) is 97.1 Å². The van der Waals surface area contributed by atoms with Crippen molar-refractivity contribution in [3.8, 4) is 0 Å². The summed E-state index contributed by atoms with van der Waals surface area (Å²) >= 11 is 0. The molecule has 1 fully saturated rings. The normalized spacial score (nSPS) is 27.4. The number of allylic oxidation sites excluding steroid dienone is 2. The van der Waals surface area contributed by atoms with Gasteiger partial charge in [-0.05, 0) is 40.0 Å². The van der Waals surface area contributed by atoms with Crippen LogP contribution in [-0.2, 0) is 0 Å². The first-order valence-electron chi connectivity index (χ1n) is 8.80. The highest BCUT2D eigenvalue weighted by Gasteiger charge is 2.58. The Morgan fingerprint density at radius 3 is 1.71 bits per heavy atom. The highest BCUT2D eigenvalue weighted by molar-refractivity contribution is 5.77. The highest BCUT2D eigenvalue weighted by Crippen LogP contribution is 2.68. The third-order valence-electron chi connectivity index (χ3n) is 5.68. The Morgan fingerprint density at radius 2 is 1.08 bits per heavy atom. The number of hydrogen-bond donors (Lipinski definition) is 0. The molecule has 0 spiro atoms. The molecular weight excluding hydrogens is 288 g/mol. The van der Waals surface area contributed by atoms with Gasteiger partial charge in [-0.25, -0.2) is 0 Å². The summed E-state index contributed by atoms with van der Waals surface area (Å²) in [5, 5.41) is 0. The molecule has 2 aliphatic rings. The molecule has 2 aliphatic carbocycles. The van der Waals surface area contributed by atoms with Crippen molar-refractivity contribution in [2.24, 2.45) is 11.8 Å². The minimum absolute atomic E-state index is 0.517. The predicted molar refractivity (Wildman–Crippen MR) is 99.8 cm³/mol. The average molecular weight is 308 g/mol. The van der Waals surface area contributed by atoms with E-state index >= 15 is 0 Å². The fraction of sp³-hybridized carbons (Fsp3) is 0.167. The van der Waals surface area contributed by atoms with Gasteiger partial charge in [-0.2, -0.15) is 0 Å². The zero-order chi connectivity index (χ0) is 15.9. The van der Waals surface area contributed by atoms with Crippen molar-refractivity contribution in [2.45, 2.75) is 11.8 Å². The van der Waals surface area contributed by atoms with Crippen molar-refractivity contribution >= 4 is 5.57 Å². The zero-order valence-electron chi connectivity index (χ0n) is 13.5. The molecule has 0 saturated heterocycles. The van der Waals surface area contributed by atoms with Gasteiger partial charge in [0.15, 0.2) is 0 Å². The first-order valence-corrected chi connectivity index (χ1v) is 8.80. The van der Waals surface area contributed by atoms with Crippen LogP contribution in [0, 0.1) is 11.8 Å². The maximum atomic E-state index is 2.55. The van der Waals surface area contributed by atoms with Crippen LogP contribution in [0.3, 0.4) is 0 Å². The topological polar surface area (TPSA) is 0 Å². The van der Waals surface area contributed by atoms with Gasteiger partial charge in [0.25, 0.3) is 0 Å². The Bertz CT molecular complexity index is 862. The lowest BCUT2D eigenvalue weighted by atomic mass is 9.83. The van der Waals surface area contributed by atoms with Crippen molar-refractivity contribution in [2.75, 3.05) is 0 Å². The predicted octanol–water partition coefficient (Wildman–Crippen LogP) is 5.90. The quantitative estimate of drug-likeness (QED) is 0.565. The molecule has 116 valence electrons. The summed E-state index contributed by atoms with van der Waals surface area (Å²) in [7, 11) is 0. The Hall–Kier alpha value is -2.60. The van der Waals surface area contributed by atoms with E-state index in [-0.39, 0.29) is 0 Å². The smallest absolute Gasteiger partial charge is 0.0132 e. The third-order valence-corrected chi connectivity index (χ3v) is 5.68. The summed E-state index contributed by atoms with van der Waals surface area (Å²) in [6.07, 6.45) is 2.55. The molecule has 0 heteroatoms. The van der Waals surface area contributed by atoms with Crippen LogP contribution in [0.15, 0.2) is 97.1 Å². The maximum Gasteiger partial charge on any atom is 0.0132 e. The first-order chi connectivity index (χ1) is 11.9. The highest BCUT2D eigenvalue weighted by atomic mass is 14.6. The molecule has 0 bridgehead atoms. The van der Waals surface area contributed by atoms with Crippen LogP contribution in [-0.4, -0.2) is 0 Å². The minimum atomic E-state index is 0.517. The standard InChI is InChI=1S/C24H20/c1-4-10-17(11-5-1)20-16-21-23(19-14-8-3-9-15-19)24(21)22(20)18-12-6-2-7-13-18/h1-16,21-24H/t21-,22+,23-,24+/m1/s1. The second-order valence-electron chi connectivity index (χ2n) is 6.97. The Kier molecular flexibility index (Phi) is 3.16. The zero-order valence-corrected chi connectivity index (χ0v) is 13.5. The van der Waals surface area contributed by atoms with E-state index in [1.54, 1.807) is 0 Å². The van der Waals surface area contributed by atoms with Gasteiger partial charge < -0.3 is 0 Å². The molecular formula is C24H20. The van der Waals surface area contributed by atoms with E-state index in [0.29, 0.717) is 23.7 Å². The second kappa shape index (κ2) is 5.49. The van der Waals surface area contributed by atoms with Crippen molar-refractivity contribution in [1.82, 2.24) is 0 Å². The molecule has 3 aromatic rings. The molecule has 4 atom stereocenters. The summed E-state index contributed by atoms with van der Waals surface area (Å²) in [6, 6.07) is 33.0. The van der Waals surface area contributed by atoms with Gasteiger partial charge in [0.1, 0.15) is 0 Å². The van der Waals surface area contributed by atoms with Crippen molar-refractivity contribution < 1.29 is 0 Å². The van der Waals surface area contributed by atoms with Gasteiger partial charge in [0.05, 0.1) is 0 Å². The van der Waals surface area contributed by atoms with E-state index in [9.17, 15) is 0 Å². The van der Waals surface area contributed by atoms with E-state index in [1.807, 2.05) is 0 Å². The van der Waals surface area contributed by atoms with Crippen LogP contribution in [0.5, 0.6) is 0 Å². The van der Waals surface area contributed by atoms with Gasteiger partial charge in [-0.15, -0.1) is 0 Å². The molecule has 0 unspecified atom stereocenters. The van der Waals surface area contributed by atoms with Crippen LogP contribution in [0.1, 0.15) is 28.5 Å². The Labute approximate surface area is 143 Å². The first kappa shape index (κ1) is 13.8. The van der Waals surface area contributed by atoms with Crippen LogP contribution in [0.2, 0.25) is 0 Å². The largest absolute Gasteiger partial charge is 0.0760 e. The van der Waals surface area contributed by atoms with Crippen molar-refractivity contribution in [3.63, 3.8) is 0 Å². The second-order valence-corrected chi connectivity index (χ2v) is 6.97. The molecule has 0 aliphatic heterocycles. The number of fused-ring (bicyclic) bond motifs is 1. The van der Waals surface area contributed by atoms with Gasteiger partial charge >= 0.3 is 0 Å². The summed E-state index contributed by atoms with van der Waals surface area (Å²) in [4.78, 5) is 0. The lowest BCUT2D eigenvalue weighted by Crippen LogP contribution is -2.04. The average Bonchev–Trinajstić information content (AvgIpc) is 3.24. The van der Waals surface area contributed by atoms with Crippen molar-refractivity contribution in [1.29, 1.82) is 0 Å². The van der Waals surface area contributed by atoms with E-state index in [4.69, 9.17) is 0 Å². The molecule has 0 aromatic heterocycles. The molecule has 0 radical (unpaired) electrons. The molecule has 0 heterocycles. The van der Waals surface area contributed by atoms with E-state index in [1.165, 1.54) is 22.3 Å². The van der Waals surface area contributed by atoms with Crippen LogP contribution in [0.4, 0.5) is 0 Å². The Morgan fingerprint density at radius 1 is 0.542 bits per heavy atom. The maximum absolute atomic E-state index is 2.55. The van der Waals surface area contributed by atoms with Gasteiger partial charge in [-0.3, -0.25) is 0 Å². The molecule has 0 N–H and O–H groups in total. The molecule has 5 rings (SSSR count). The summed E-state index contributed by atoms with van der Waals surface area (Å²) in [6.45, 7) is 0. The summed E-state index contributed by atoms with van der Waals surface area (Å²) in [5.74, 6) is 2.60. The third kappa shape index (κ3) is 2.14. The van der Waals surface area contributed by atoms with E-state index in [2.05, 4.69) is 97.1 Å². The lowest BCUT2D eigenvalue weighted by molar-refractivity contribution is 0.720. The Balaban J connectivity index is 1.57. The van der Waals surface area contributed by atoms with Crippen LogP contribution >= 0.6 is 0 Å². The molecule has 24 heavy (non-hydrogen) atoms. The number of hydrogen-bond acceptors (Lipinski definition) is 0. The summed E-state index contributed by atoms with van der Waals surface area (Å²) in [5.41, 5.74) is 5.85. The summed E-state index contributed by atoms with van der Waals surface area (Å²) < 4.78 is 0. The monoisotopic (exact) mass is 308 g/mol. The lowest BCUT2D eigenvalue weighted by Gasteiger charge is -2.20. The molecule has 0 amide bonds. The van der Waals surface area contributed by atoms with E-state index < -0.39 is 0 Å². The van der Waals surface area contributed by atoms with E-state index in [0.717, 1.165) is 0 Å². The fourth-order valence-corrected chi connectivity index (χ4v) is 4.61.